The van der Waals surface area contributed by atoms with Crippen molar-refractivity contribution in [3.63, 3.8) is 0 Å². The lowest BCUT2D eigenvalue weighted by atomic mass is 10.0. The van der Waals surface area contributed by atoms with Gasteiger partial charge >= 0.3 is 5.97 Å². The fourth-order valence-electron chi connectivity index (χ4n) is 4.13. The molecule has 0 aliphatic rings. The van der Waals surface area contributed by atoms with Crippen molar-refractivity contribution in [2.75, 3.05) is 6.54 Å². The van der Waals surface area contributed by atoms with Gasteiger partial charge in [0.05, 0.1) is 12.1 Å². The third-order valence-electron chi connectivity index (χ3n) is 6.39. The van der Waals surface area contributed by atoms with Crippen molar-refractivity contribution in [1.29, 1.82) is 0 Å². The Hall–Kier alpha value is -4.70. The van der Waals surface area contributed by atoms with Gasteiger partial charge in [-0.2, -0.15) is 0 Å². The van der Waals surface area contributed by atoms with E-state index < -0.39 is 59.9 Å². The number of carbonyl (C=O) groups excluding carboxylic acids is 4. The highest BCUT2D eigenvalue weighted by atomic mass is 16.4. The number of para-hydroxylation sites is 1. The third kappa shape index (κ3) is 10.4. The van der Waals surface area contributed by atoms with Crippen molar-refractivity contribution in [3.05, 3.63) is 36.0 Å². The summed E-state index contributed by atoms with van der Waals surface area (Å²) in [6.45, 7) is 1.44. The number of aliphatic hydroxyl groups is 1. The average Bonchev–Trinajstić information content (AvgIpc) is 3.33. The van der Waals surface area contributed by atoms with Crippen molar-refractivity contribution < 1.29 is 34.2 Å². The number of fused-ring (bicyclic) bond motifs is 1. The first kappa shape index (κ1) is 33.5. The molecule has 2 aromatic rings. The molecule has 0 saturated carbocycles. The highest BCUT2D eigenvalue weighted by Crippen LogP contribution is 2.19. The predicted molar refractivity (Wildman–Crippen MR) is 153 cm³/mol. The number of primary amides is 1. The van der Waals surface area contributed by atoms with Gasteiger partial charge in [0.25, 0.3) is 0 Å². The van der Waals surface area contributed by atoms with E-state index in [1.807, 2.05) is 12.1 Å². The van der Waals surface area contributed by atoms with E-state index in [0.29, 0.717) is 12.0 Å². The molecule has 16 heteroatoms. The first-order valence-electron chi connectivity index (χ1n) is 13.3. The summed E-state index contributed by atoms with van der Waals surface area (Å²) in [4.78, 5) is 69.3. The number of guanidine groups is 1. The number of H-pyrrole nitrogens is 1. The molecule has 14 N–H and O–H groups in total. The molecule has 230 valence electrons. The molecule has 0 aliphatic carbocycles. The smallest absolute Gasteiger partial charge is 0.328 e. The summed E-state index contributed by atoms with van der Waals surface area (Å²) in [5, 5.41) is 27.3. The average molecular weight is 590 g/mol. The number of hydrogen-bond donors (Lipinski definition) is 10. The van der Waals surface area contributed by atoms with Crippen LogP contribution in [0.15, 0.2) is 35.5 Å². The van der Waals surface area contributed by atoms with Crippen molar-refractivity contribution in [3.8, 4) is 0 Å². The highest BCUT2D eigenvalue weighted by molar-refractivity contribution is 5.95. The van der Waals surface area contributed by atoms with Crippen molar-refractivity contribution >= 4 is 46.5 Å². The molecule has 16 nitrogen and oxygen atoms in total. The second kappa shape index (κ2) is 15.9. The van der Waals surface area contributed by atoms with E-state index in [0.717, 1.165) is 10.9 Å². The van der Waals surface area contributed by atoms with Crippen LogP contribution in [0.3, 0.4) is 0 Å². The zero-order valence-corrected chi connectivity index (χ0v) is 23.2. The van der Waals surface area contributed by atoms with Gasteiger partial charge in [-0.3, -0.25) is 24.2 Å². The zero-order valence-electron chi connectivity index (χ0n) is 23.2. The maximum absolute atomic E-state index is 13.4. The van der Waals surface area contributed by atoms with Crippen molar-refractivity contribution in [2.24, 2.45) is 27.9 Å². The molecule has 42 heavy (non-hydrogen) atoms. The lowest BCUT2D eigenvalue weighted by Crippen LogP contribution is -2.58. The largest absolute Gasteiger partial charge is 0.480 e. The number of rotatable bonds is 17. The van der Waals surface area contributed by atoms with Crippen LogP contribution in [0.25, 0.3) is 10.9 Å². The molecular formula is C26H39N9O7. The maximum Gasteiger partial charge on any atom is 0.328 e. The van der Waals surface area contributed by atoms with E-state index in [1.54, 1.807) is 18.3 Å². The minimum absolute atomic E-state index is 0.0749. The van der Waals surface area contributed by atoms with E-state index in [9.17, 15) is 34.2 Å². The summed E-state index contributed by atoms with van der Waals surface area (Å²) in [6.07, 6.45) is 0.246. The number of benzene rings is 1. The number of carboxylic acid groups (broad SMARTS) is 1. The van der Waals surface area contributed by atoms with Crippen LogP contribution < -0.4 is 38.9 Å². The van der Waals surface area contributed by atoms with Crippen LogP contribution in [-0.4, -0.2) is 87.6 Å². The Kier molecular flexibility index (Phi) is 12.7. The van der Waals surface area contributed by atoms with E-state index in [-0.39, 0.29) is 38.2 Å². The van der Waals surface area contributed by atoms with Gasteiger partial charge in [0.15, 0.2) is 12.0 Å². The Balaban J connectivity index is 2.27. The molecule has 4 amide bonds. The molecule has 5 unspecified atom stereocenters. The number of nitrogens with zero attached hydrogens (tertiary/aromatic N) is 1. The van der Waals surface area contributed by atoms with Crippen LogP contribution >= 0.6 is 0 Å². The van der Waals surface area contributed by atoms with Gasteiger partial charge in [0.2, 0.25) is 23.6 Å². The number of nitrogens with two attached hydrogens (primary N) is 4. The highest BCUT2D eigenvalue weighted by Gasteiger charge is 2.32. The molecule has 1 aromatic carbocycles. The number of aliphatic carboxylic acids is 1. The van der Waals surface area contributed by atoms with Crippen LogP contribution in [0.1, 0.15) is 38.2 Å². The Bertz CT molecular complexity index is 1290. The molecule has 0 aliphatic heterocycles. The number of carbonyl (C=O) groups is 5. The quantitative estimate of drug-likeness (QED) is 0.0516. The second-order valence-electron chi connectivity index (χ2n) is 9.81. The Morgan fingerprint density at radius 2 is 1.60 bits per heavy atom. The predicted octanol–water partition coefficient (Wildman–Crippen LogP) is -2.72. The standard InChI is InChI=1S/C26H39N9O7/c1-13(36)21(25(41)42)35-24(40)19(11-14-12-32-17-7-3-2-5-15(14)17)34-23(39)18(8-9-20(28)37)33-22(38)16(27)6-4-10-31-26(29)30/h2-3,5,7,12-13,16,18-19,21,32,36H,4,6,8-11,27H2,1H3,(H2,28,37)(H,33,38)(H,34,39)(H,35,40)(H,41,42)(H4,29,30,31). The number of aromatic nitrogens is 1. The minimum Gasteiger partial charge on any atom is -0.480 e. The van der Waals surface area contributed by atoms with Gasteiger partial charge in [-0.15, -0.1) is 0 Å². The molecular weight excluding hydrogens is 550 g/mol. The van der Waals surface area contributed by atoms with Gasteiger partial charge in [0, 0.05) is 36.5 Å². The van der Waals surface area contributed by atoms with Gasteiger partial charge in [0.1, 0.15) is 12.1 Å². The molecule has 1 aromatic heterocycles. The van der Waals surface area contributed by atoms with E-state index in [1.165, 1.54) is 6.92 Å². The summed E-state index contributed by atoms with van der Waals surface area (Å²) in [7, 11) is 0. The Labute approximate surface area is 241 Å². The van der Waals surface area contributed by atoms with Crippen LogP contribution in [0.2, 0.25) is 0 Å². The number of aliphatic imine (C=N–C) groups is 1. The Morgan fingerprint density at radius 3 is 2.21 bits per heavy atom. The Morgan fingerprint density at radius 1 is 0.952 bits per heavy atom. The monoisotopic (exact) mass is 589 g/mol. The first-order chi connectivity index (χ1) is 19.8. The van der Waals surface area contributed by atoms with Crippen LogP contribution in [0.5, 0.6) is 0 Å². The van der Waals surface area contributed by atoms with E-state index in [4.69, 9.17) is 22.9 Å². The molecule has 1 heterocycles. The summed E-state index contributed by atoms with van der Waals surface area (Å²) >= 11 is 0. The third-order valence-corrected chi connectivity index (χ3v) is 6.39. The number of amides is 4. The van der Waals surface area contributed by atoms with Crippen LogP contribution in [0.4, 0.5) is 0 Å². The number of hydrogen-bond acceptors (Lipinski definition) is 8. The van der Waals surface area contributed by atoms with E-state index >= 15 is 0 Å². The topological polar surface area (TPSA) is 294 Å². The first-order valence-corrected chi connectivity index (χ1v) is 13.3. The second-order valence-corrected chi connectivity index (χ2v) is 9.81. The lowest BCUT2D eigenvalue weighted by molar-refractivity contribution is -0.145. The van der Waals surface area contributed by atoms with Gasteiger partial charge in [-0.25, -0.2) is 4.79 Å². The SMILES string of the molecule is CC(O)C(NC(=O)C(Cc1c[nH]c2ccccc12)NC(=O)C(CCC(N)=O)NC(=O)C(N)CCCN=C(N)N)C(=O)O. The molecule has 0 fully saturated rings. The number of aliphatic hydroxyl groups excluding tert-OH is 1. The van der Waals surface area contributed by atoms with Gasteiger partial charge in [-0.05, 0) is 37.8 Å². The van der Waals surface area contributed by atoms with Gasteiger partial charge in [-0.1, -0.05) is 18.2 Å². The van der Waals surface area contributed by atoms with Crippen LogP contribution in [0, 0.1) is 0 Å². The normalized spacial score (nSPS) is 14.5. The number of nitrogens with one attached hydrogen (secondary N) is 4. The zero-order chi connectivity index (χ0) is 31.4. The minimum atomic E-state index is -1.65. The molecule has 0 radical (unpaired) electrons. The maximum atomic E-state index is 13.4. The summed E-state index contributed by atoms with van der Waals surface area (Å²) < 4.78 is 0. The fraction of sp³-hybridized carbons (Fsp3) is 0.462. The molecule has 0 bridgehead atoms. The number of carboxylic acids is 1. The van der Waals surface area contributed by atoms with Crippen molar-refractivity contribution in [2.45, 2.75) is 69.3 Å². The molecule has 5 atom stereocenters. The van der Waals surface area contributed by atoms with Crippen LogP contribution in [-0.2, 0) is 30.4 Å². The summed E-state index contributed by atoms with van der Waals surface area (Å²) in [6, 6.07) is 1.90. The number of aromatic amines is 1. The van der Waals surface area contributed by atoms with Gasteiger partial charge < -0.3 is 54.1 Å². The fourth-order valence-corrected chi connectivity index (χ4v) is 4.13. The van der Waals surface area contributed by atoms with E-state index in [2.05, 4.69) is 25.9 Å². The molecule has 0 spiro atoms. The van der Waals surface area contributed by atoms with Crippen molar-refractivity contribution in [1.82, 2.24) is 20.9 Å². The summed E-state index contributed by atoms with van der Waals surface area (Å²) in [5.41, 5.74) is 23.2. The summed E-state index contributed by atoms with van der Waals surface area (Å²) in [5.74, 6) is -4.72. The molecule has 2 rings (SSSR count). The molecule has 0 saturated heterocycles. The lowest BCUT2D eigenvalue weighted by Gasteiger charge is -2.25.